The fourth-order valence-electron chi connectivity index (χ4n) is 1.30. The molecule has 1 rings (SSSR count). The van der Waals surface area contributed by atoms with Gasteiger partial charge in [0.05, 0.1) is 10.7 Å². The standard InChI is InChI=1S/C10H16N2O2S/c1-7-9(10(13)14)15-8(11-7)5-4-6-12(2)3/h4-6H2,1-3H3,(H,13,14). The summed E-state index contributed by atoms with van der Waals surface area (Å²) in [6.45, 7) is 2.75. The fraction of sp³-hybridized carbons (Fsp3) is 0.600. The van der Waals surface area contributed by atoms with Gasteiger partial charge in [-0.25, -0.2) is 9.78 Å². The van der Waals surface area contributed by atoms with Gasteiger partial charge in [-0.15, -0.1) is 11.3 Å². The highest BCUT2D eigenvalue weighted by molar-refractivity contribution is 7.13. The molecule has 0 aliphatic carbocycles. The number of rotatable bonds is 5. The van der Waals surface area contributed by atoms with Crippen molar-refractivity contribution < 1.29 is 9.90 Å². The van der Waals surface area contributed by atoms with Gasteiger partial charge in [0.15, 0.2) is 0 Å². The molecule has 15 heavy (non-hydrogen) atoms. The minimum Gasteiger partial charge on any atom is -0.477 e. The van der Waals surface area contributed by atoms with E-state index in [-0.39, 0.29) is 0 Å². The van der Waals surface area contributed by atoms with Gasteiger partial charge in [0, 0.05) is 6.42 Å². The molecule has 1 aromatic heterocycles. The number of aromatic carboxylic acids is 1. The molecular weight excluding hydrogens is 212 g/mol. The monoisotopic (exact) mass is 228 g/mol. The molecule has 0 bridgehead atoms. The van der Waals surface area contributed by atoms with E-state index in [1.54, 1.807) is 6.92 Å². The normalized spacial score (nSPS) is 10.9. The third-order valence-electron chi connectivity index (χ3n) is 2.03. The van der Waals surface area contributed by atoms with Gasteiger partial charge in [-0.1, -0.05) is 0 Å². The second-order valence-corrected chi connectivity index (χ2v) is 4.82. The van der Waals surface area contributed by atoms with E-state index in [4.69, 9.17) is 5.11 Å². The Labute approximate surface area is 93.6 Å². The van der Waals surface area contributed by atoms with Gasteiger partial charge in [0.2, 0.25) is 0 Å². The smallest absolute Gasteiger partial charge is 0.347 e. The van der Waals surface area contributed by atoms with Gasteiger partial charge >= 0.3 is 5.97 Å². The molecule has 0 spiro atoms. The number of aryl methyl sites for hydroxylation is 2. The number of carbonyl (C=O) groups is 1. The zero-order chi connectivity index (χ0) is 11.4. The molecule has 0 saturated carbocycles. The maximum absolute atomic E-state index is 10.8. The first kappa shape index (κ1) is 12.1. The molecule has 0 fully saturated rings. The number of hydrogen-bond donors (Lipinski definition) is 1. The summed E-state index contributed by atoms with van der Waals surface area (Å²) in [6.07, 6.45) is 1.87. The van der Waals surface area contributed by atoms with Gasteiger partial charge < -0.3 is 10.0 Å². The molecule has 84 valence electrons. The van der Waals surface area contributed by atoms with Gasteiger partial charge in [-0.05, 0) is 34.0 Å². The minimum absolute atomic E-state index is 0.370. The summed E-state index contributed by atoms with van der Waals surface area (Å²) < 4.78 is 0. The second-order valence-electron chi connectivity index (χ2n) is 3.73. The van der Waals surface area contributed by atoms with Crippen LogP contribution >= 0.6 is 11.3 Å². The van der Waals surface area contributed by atoms with Crippen LogP contribution in [0.5, 0.6) is 0 Å². The molecule has 0 aliphatic rings. The molecule has 1 heterocycles. The Hall–Kier alpha value is -0.940. The lowest BCUT2D eigenvalue weighted by Gasteiger charge is -2.07. The molecule has 0 atom stereocenters. The van der Waals surface area contributed by atoms with Crippen LogP contribution in [0, 0.1) is 6.92 Å². The van der Waals surface area contributed by atoms with E-state index < -0.39 is 5.97 Å². The molecule has 0 amide bonds. The summed E-state index contributed by atoms with van der Waals surface area (Å²) in [6, 6.07) is 0. The van der Waals surface area contributed by atoms with Gasteiger partial charge in [0.25, 0.3) is 0 Å². The Morgan fingerprint density at radius 3 is 2.67 bits per heavy atom. The predicted octanol–water partition coefficient (Wildman–Crippen LogP) is 1.64. The summed E-state index contributed by atoms with van der Waals surface area (Å²) >= 11 is 1.29. The van der Waals surface area contributed by atoms with Crippen LogP contribution in [0.25, 0.3) is 0 Å². The molecule has 0 aromatic carbocycles. The molecule has 0 unspecified atom stereocenters. The van der Waals surface area contributed by atoms with Crippen LogP contribution in [0.1, 0.15) is 26.8 Å². The van der Waals surface area contributed by atoms with Crippen molar-refractivity contribution in [2.24, 2.45) is 0 Å². The quantitative estimate of drug-likeness (QED) is 0.832. The van der Waals surface area contributed by atoms with Crippen LogP contribution in [0.3, 0.4) is 0 Å². The van der Waals surface area contributed by atoms with Crippen molar-refractivity contribution in [1.82, 2.24) is 9.88 Å². The summed E-state index contributed by atoms with van der Waals surface area (Å²) in [5, 5.41) is 9.78. The molecule has 0 aliphatic heterocycles. The highest BCUT2D eigenvalue weighted by atomic mass is 32.1. The highest BCUT2D eigenvalue weighted by Crippen LogP contribution is 2.19. The van der Waals surface area contributed by atoms with Crippen molar-refractivity contribution in [2.75, 3.05) is 20.6 Å². The van der Waals surface area contributed by atoms with Crippen molar-refractivity contribution in [3.05, 3.63) is 15.6 Å². The van der Waals surface area contributed by atoms with E-state index in [0.717, 1.165) is 24.4 Å². The lowest BCUT2D eigenvalue weighted by molar-refractivity contribution is 0.0701. The van der Waals surface area contributed by atoms with E-state index in [2.05, 4.69) is 9.88 Å². The molecular formula is C10H16N2O2S. The lowest BCUT2D eigenvalue weighted by Crippen LogP contribution is -2.13. The molecule has 4 nitrogen and oxygen atoms in total. The average molecular weight is 228 g/mol. The van der Waals surface area contributed by atoms with Crippen LogP contribution in [0.2, 0.25) is 0 Å². The number of aromatic nitrogens is 1. The molecule has 1 N–H and O–H groups in total. The van der Waals surface area contributed by atoms with Crippen LogP contribution in [-0.2, 0) is 6.42 Å². The topological polar surface area (TPSA) is 53.4 Å². The van der Waals surface area contributed by atoms with Crippen LogP contribution in [-0.4, -0.2) is 41.6 Å². The zero-order valence-electron chi connectivity index (χ0n) is 9.28. The summed E-state index contributed by atoms with van der Waals surface area (Å²) in [4.78, 5) is 17.5. The first-order chi connectivity index (χ1) is 7.00. The third kappa shape index (κ3) is 3.60. The van der Waals surface area contributed by atoms with Crippen molar-refractivity contribution in [3.8, 4) is 0 Å². The average Bonchev–Trinajstić information content (AvgIpc) is 2.46. The SMILES string of the molecule is Cc1nc(CCCN(C)C)sc1C(=O)O. The van der Waals surface area contributed by atoms with E-state index in [1.165, 1.54) is 11.3 Å². The van der Waals surface area contributed by atoms with Crippen LogP contribution in [0.15, 0.2) is 0 Å². The number of nitrogens with zero attached hydrogens (tertiary/aromatic N) is 2. The van der Waals surface area contributed by atoms with E-state index >= 15 is 0 Å². The Morgan fingerprint density at radius 2 is 2.20 bits per heavy atom. The van der Waals surface area contributed by atoms with Crippen molar-refractivity contribution in [2.45, 2.75) is 19.8 Å². The largest absolute Gasteiger partial charge is 0.477 e. The van der Waals surface area contributed by atoms with Crippen molar-refractivity contribution in [3.63, 3.8) is 0 Å². The van der Waals surface area contributed by atoms with Crippen molar-refractivity contribution in [1.29, 1.82) is 0 Å². The zero-order valence-corrected chi connectivity index (χ0v) is 10.1. The van der Waals surface area contributed by atoms with Crippen LogP contribution in [0.4, 0.5) is 0 Å². The summed E-state index contributed by atoms with van der Waals surface area (Å²) in [5.74, 6) is -0.871. The maximum Gasteiger partial charge on any atom is 0.347 e. The molecule has 1 aromatic rings. The number of carboxylic acid groups (broad SMARTS) is 1. The summed E-state index contributed by atoms with van der Waals surface area (Å²) in [5.41, 5.74) is 0.632. The second kappa shape index (κ2) is 5.23. The third-order valence-corrected chi connectivity index (χ3v) is 3.24. The summed E-state index contributed by atoms with van der Waals surface area (Å²) in [7, 11) is 4.05. The van der Waals surface area contributed by atoms with E-state index in [9.17, 15) is 4.79 Å². The molecule has 0 saturated heterocycles. The van der Waals surface area contributed by atoms with Crippen LogP contribution < -0.4 is 0 Å². The molecule has 5 heteroatoms. The highest BCUT2D eigenvalue weighted by Gasteiger charge is 2.13. The van der Waals surface area contributed by atoms with Gasteiger partial charge in [-0.3, -0.25) is 0 Å². The number of thiazole rings is 1. The molecule has 0 radical (unpaired) electrons. The van der Waals surface area contributed by atoms with E-state index in [0.29, 0.717) is 10.6 Å². The van der Waals surface area contributed by atoms with Gasteiger partial charge in [-0.2, -0.15) is 0 Å². The lowest BCUT2D eigenvalue weighted by atomic mass is 10.3. The van der Waals surface area contributed by atoms with E-state index in [1.807, 2.05) is 14.1 Å². The maximum atomic E-state index is 10.8. The Bertz CT molecular complexity index is 347. The predicted molar refractivity (Wildman–Crippen MR) is 60.7 cm³/mol. The first-order valence-electron chi connectivity index (χ1n) is 4.85. The van der Waals surface area contributed by atoms with Crippen molar-refractivity contribution >= 4 is 17.3 Å². The Kier molecular flexibility index (Phi) is 4.23. The Morgan fingerprint density at radius 1 is 1.53 bits per heavy atom. The minimum atomic E-state index is -0.871. The Balaban J connectivity index is 2.56. The first-order valence-corrected chi connectivity index (χ1v) is 5.66. The number of carboxylic acids is 1. The van der Waals surface area contributed by atoms with Gasteiger partial charge in [0.1, 0.15) is 4.88 Å². The number of hydrogen-bond acceptors (Lipinski definition) is 4. The fourth-order valence-corrected chi connectivity index (χ4v) is 2.25.